The van der Waals surface area contributed by atoms with E-state index in [1.165, 1.54) is 6.07 Å². The van der Waals surface area contributed by atoms with E-state index in [2.05, 4.69) is 0 Å². The molecule has 1 aliphatic rings. The smallest absolute Gasteiger partial charge is 0.385 e. The second-order valence-corrected chi connectivity index (χ2v) is 9.04. The van der Waals surface area contributed by atoms with E-state index >= 15 is 0 Å². The van der Waals surface area contributed by atoms with Crippen LogP contribution >= 0.6 is 11.6 Å². The average molecular weight is 487 g/mol. The molecule has 2 aromatic rings. The predicted molar refractivity (Wildman–Crippen MR) is 119 cm³/mol. The van der Waals surface area contributed by atoms with Crippen LogP contribution in [0.5, 0.6) is 0 Å². The maximum atomic E-state index is 14.9. The first kappa shape index (κ1) is 25.6. The molecule has 180 valence electrons. The van der Waals surface area contributed by atoms with Gasteiger partial charge in [0, 0.05) is 25.1 Å². The van der Waals surface area contributed by atoms with Crippen molar-refractivity contribution in [3.8, 4) is 0 Å². The molecule has 2 unspecified atom stereocenters. The van der Waals surface area contributed by atoms with Crippen LogP contribution in [-0.2, 0) is 11.8 Å². The Morgan fingerprint density at radius 3 is 2.30 bits per heavy atom. The van der Waals surface area contributed by atoms with Crippen LogP contribution in [0.25, 0.3) is 0 Å². The third-order valence-electron chi connectivity index (χ3n) is 6.21. The number of halogens is 5. The summed E-state index contributed by atoms with van der Waals surface area (Å²) in [7, 11) is 3.56. The van der Waals surface area contributed by atoms with Gasteiger partial charge in [-0.1, -0.05) is 48.0 Å². The first-order valence-corrected chi connectivity index (χ1v) is 11.0. The largest absolute Gasteiger partial charge is 0.417 e. The van der Waals surface area contributed by atoms with Gasteiger partial charge in [0.05, 0.1) is 22.4 Å². The Labute approximate surface area is 195 Å². The number of hydrogen-bond acceptors (Lipinski definition) is 4. The predicted octanol–water partition coefficient (Wildman–Crippen LogP) is 5.14. The molecule has 1 aliphatic heterocycles. The van der Waals surface area contributed by atoms with Gasteiger partial charge in [-0.25, -0.2) is 4.39 Å². The lowest BCUT2D eigenvalue weighted by atomic mass is 9.83. The van der Waals surface area contributed by atoms with Crippen LogP contribution in [0.4, 0.5) is 17.6 Å². The van der Waals surface area contributed by atoms with Crippen molar-refractivity contribution in [1.82, 2.24) is 9.80 Å². The van der Waals surface area contributed by atoms with Gasteiger partial charge in [0.2, 0.25) is 0 Å². The molecule has 0 spiro atoms. The minimum absolute atomic E-state index is 0.0572. The highest BCUT2D eigenvalue weighted by Crippen LogP contribution is 2.40. The third kappa shape index (κ3) is 5.93. The third-order valence-corrected chi connectivity index (χ3v) is 6.54. The molecule has 0 aromatic heterocycles. The molecule has 33 heavy (non-hydrogen) atoms. The average Bonchev–Trinajstić information content (AvgIpc) is 2.77. The number of aliphatic hydroxyl groups is 1. The Bertz CT molecular complexity index is 961. The zero-order valence-electron chi connectivity index (χ0n) is 18.4. The minimum atomic E-state index is -4.62. The molecule has 1 heterocycles. The Morgan fingerprint density at radius 1 is 1.15 bits per heavy atom. The standard InChI is InChI=1S/C24H27ClF4N2O2/c1-30(2)21(15-20(26)22(32)16-6-4-3-5-7-16)31-12-10-23(33,11-13-31)17-8-9-19(25)18(14-17)24(27,28)29/h3-9,14,20-21,33H,10-13,15H2,1-2H3. The van der Waals surface area contributed by atoms with Crippen molar-refractivity contribution in [2.24, 2.45) is 0 Å². The van der Waals surface area contributed by atoms with Crippen molar-refractivity contribution in [2.75, 3.05) is 27.2 Å². The van der Waals surface area contributed by atoms with Crippen LogP contribution < -0.4 is 0 Å². The number of Topliss-reactive ketones (excluding diaryl/α,β-unsaturated/α-hetero) is 1. The molecule has 2 aromatic carbocycles. The normalized spacial score (nSPS) is 18.8. The van der Waals surface area contributed by atoms with Crippen molar-refractivity contribution in [1.29, 1.82) is 0 Å². The molecule has 0 aliphatic carbocycles. The summed E-state index contributed by atoms with van der Waals surface area (Å²) in [6, 6.07) is 11.7. The van der Waals surface area contributed by atoms with Gasteiger partial charge >= 0.3 is 6.18 Å². The number of ketones is 1. The summed E-state index contributed by atoms with van der Waals surface area (Å²) in [5.74, 6) is -0.586. The molecule has 4 nitrogen and oxygen atoms in total. The van der Waals surface area contributed by atoms with Gasteiger partial charge in [0.1, 0.15) is 0 Å². The maximum absolute atomic E-state index is 14.9. The summed E-state index contributed by atoms with van der Waals surface area (Å²) in [6.45, 7) is 0.658. The van der Waals surface area contributed by atoms with E-state index < -0.39 is 40.5 Å². The van der Waals surface area contributed by atoms with Crippen LogP contribution in [-0.4, -0.2) is 60.2 Å². The highest BCUT2D eigenvalue weighted by atomic mass is 35.5. The van der Waals surface area contributed by atoms with Crippen molar-refractivity contribution < 1.29 is 27.5 Å². The second-order valence-electron chi connectivity index (χ2n) is 8.64. The highest BCUT2D eigenvalue weighted by Gasteiger charge is 2.40. The summed E-state index contributed by atoms with van der Waals surface area (Å²) in [5, 5.41) is 10.7. The lowest BCUT2D eigenvalue weighted by molar-refractivity contribution is -0.137. The van der Waals surface area contributed by atoms with Gasteiger partial charge in [-0.05, 0) is 44.6 Å². The lowest BCUT2D eigenvalue weighted by Crippen LogP contribution is -2.53. The van der Waals surface area contributed by atoms with E-state index in [4.69, 9.17) is 11.6 Å². The number of likely N-dealkylation sites (tertiary alicyclic amines) is 1. The molecular formula is C24H27ClF4N2O2. The molecule has 0 saturated carbocycles. The van der Waals surface area contributed by atoms with Crippen LogP contribution in [0.15, 0.2) is 48.5 Å². The van der Waals surface area contributed by atoms with E-state index in [1.807, 2.05) is 4.90 Å². The van der Waals surface area contributed by atoms with Crippen LogP contribution in [0.3, 0.4) is 0 Å². The molecule has 0 radical (unpaired) electrons. The number of carbonyl (C=O) groups is 1. The first-order chi connectivity index (χ1) is 15.4. The number of piperidine rings is 1. The van der Waals surface area contributed by atoms with Crippen LogP contribution in [0.2, 0.25) is 5.02 Å². The second kappa shape index (κ2) is 10.1. The fourth-order valence-electron chi connectivity index (χ4n) is 4.27. The molecule has 0 bridgehead atoms. The Morgan fingerprint density at radius 2 is 1.76 bits per heavy atom. The number of carbonyl (C=O) groups excluding carboxylic acids is 1. The topological polar surface area (TPSA) is 43.8 Å². The number of rotatable bonds is 7. The quantitative estimate of drug-likeness (QED) is 0.435. The van der Waals surface area contributed by atoms with Gasteiger partial charge in [-0.3, -0.25) is 14.6 Å². The molecular weight excluding hydrogens is 460 g/mol. The fraction of sp³-hybridized carbons (Fsp3) is 0.458. The van der Waals surface area contributed by atoms with Gasteiger partial charge < -0.3 is 5.11 Å². The molecule has 1 N–H and O–H groups in total. The molecule has 3 rings (SSSR count). The van der Waals surface area contributed by atoms with E-state index in [1.54, 1.807) is 49.3 Å². The van der Waals surface area contributed by atoms with Crippen molar-refractivity contribution in [3.05, 3.63) is 70.2 Å². The molecule has 1 fully saturated rings. The maximum Gasteiger partial charge on any atom is 0.417 e. The zero-order chi connectivity index (χ0) is 24.4. The SMILES string of the molecule is CN(C)C(CC(F)C(=O)c1ccccc1)N1CCC(O)(c2ccc(Cl)c(C(F)(F)F)c2)CC1. The van der Waals surface area contributed by atoms with E-state index in [0.29, 0.717) is 18.7 Å². The lowest BCUT2D eigenvalue weighted by Gasteiger charge is -2.44. The monoisotopic (exact) mass is 486 g/mol. The Balaban J connectivity index is 1.70. The molecule has 1 saturated heterocycles. The van der Waals surface area contributed by atoms with Gasteiger partial charge in [0.25, 0.3) is 0 Å². The van der Waals surface area contributed by atoms with Crippen molar-refractivity contribution in [2.45, 2.75) is 43.4 Å². The fourth-order valence-corrected chi connectivity index (χ4v) is 4.50. The summed E-state index contributed by atoms with van der Waals surface area (Å²) in [4.78, 5) is 16.2. The Hall–Kier alpha value is -2.00. The zero-order valence-corrected chi connectivity index (χ0v) is 19.2. The Kier molecular flexibility index (Phi) is 7.84. The highest BCUT2D eigenvalue weighted by molar-refractivity contribution is 6.31. The van der Waals surface area contributed by atoms with E-state index in [0.717, 1.165) is 12.1 Å². The first-order valence-electron chi connectivity index (χ1n) is 10.7. The van der Waals surface area contributed by atoms with Gasteiger partial charge in [0.15, 0.2) is 12.0 Å². The van der Waals surface area contributed by atoms with Gasteiger partial charge in [-0.2, -0.15) is 13.2 Å². The van der Waals surface area contributed by atoms with Gasteiger partial charge in [-0.15, -0.1) is 0 Å². The van der Waals surface area contributed by atoms with E-state index in [9.17, 15) is 27.5 Å². The number of benzene rings is 2. The minimum Gasteiger partial charge on any atom is -0.385 e. The molecule has 0 amide bonds. The summed E-state index contributed by atoms with van der Waals surface area (Å²) >= 11 is 5.70. The number of alkyl halides is 4. The molecule has 9 heteroatoms. The summed E-state index contributed by atoms with van der Waals surface area (Å²) in [6.07, 6.45) is -6.46. The van der Waals surface area contributed by atoms with Crippen molar-refractivity contribution >= 4 is 17.4 Å². The van der Waals surface area contributed by atoms with Crippen LogP contribution in [0, 0.1) is 0 Å². The summed E-state index contributed by atoms with van der Waals surface area (Å²) < 4.78 is 54.6. The number of nitrogens with zero attached hydrogens (tertiary/aromatic N) is 2. The van der Waals surface area contributed by atoms with E-state index in [-0.39, 0.29) is 24.8 Å². The summed E-state index contributed by atoms with van der Waals surface area (Å²) in [5.41, 5.74) is -1.97. The van der Waals surface area contributed by atoms with Crippen molar-refractivity contribution in [3.63, 3.8) is 0 Å². The van der Waals surface area contributed by atoms with Crippen LogP contribution in [0.1, 0.15) is 40.7 Å². The molecule has 2 atom stereocenters. The number of hydrogen-bond donors (Lipinski definition) is 1.